The van der Waals surface area contributed by atoms with Crippen LogP contribution in [0, 0.1) is 5.92 Å². The molecule has 1 nitrogen and oxygen atoms in total. The van der Waals surface area contributed by atoms with Gasteiger partial charge >= 0.3 is 0 Å². The first-order chi connectivity index (χ1) is 8.65. The molecule has 2 rings (SSSR count). The largest absolute Gasteiger partial charge is 0.489 e. The van der Waals surface area contributed by atoms with Gasteiger partial charge in [0, 0.05) is 0 Å². The third kappa shape index (κ3) is 3.49. The maximum atomic E-state index is 5.80. The predicted molar refractivity (Wildman–Crippen MR) is 77.0 cm³/mol. The van der Waals surface area contributed by atoms with Gasteiger partial charge < -0.3 is 4.74 Å². The molecule has 0 saturated heterocycles. The van der Waals surface area contributed by atoms with Crippen LogP contribution < -0.4 is 4.74 Å². The molecular weight excluding hydrogens is 220 g/mol. The fraction of sp³-hybridized carbons (Fsp3) is 0.412. The predicted octanol–water partition coefficient (Wildman–Crippen LogP) is 4.71. The zero-order valence-electron chi connectivity index (χ0n) is 11.5. The smallest absolute Gasteiger partial charge is 0.119 e. The molecule has 0 radical (unpaired) electrons. The maximum Gasteiger partial charge on any atom is 0.119 e. The molecule has 0 aromatic heterocycles. The summed E-state index contributed by atoms with van der Waals surface area (Å²) in [5, 5.41) is 0. The number of hydrogen-bond acceptors (Lipinski definition) is 1. The molecule has 0 aliphatic heterocycles. The highest BCUT2D eigenvalue weighted by Crippen LogP contribution is 2.20. The second-order valence-corrected chi connectivity index (χ2v) is 5.36. The first-order valence-corrected chi connectivity index (χ1v) is 6.75. The Morgan fingerprint density at radius 3 is 2.50 bits per heavy atom. The summed E-state index contributed by atoms with van der Waals surface area (Å²) in [6.45, 7) is 7.31. The molecule has 96 valence electrons. The minimum atomic E-state index is 0.574. The average Bonchev–Trinajstić information content (AvgIpc) is 2.38. The highest BCUT2D eigenvalue weighted by molar-refractivity contribution is 5.30. The quantitative estimate of drug-likeness (QED) is 0.743. The lowest BCUT2D eigenvalue weighted by Gasteiger charge is -2.13. The van der Waals surface area contributed by atoms with Crippen molar-refractivity contribution >= 4 is 0 Å². The van der Waals surface area contributed by atoms with Gasteiger partial charge in [0.25, 0.3) is 0 Å². The van der Waals surface area contributed by atoms with Crippen LogP contribution in [0.5, 0.6) is 5.75 Å². The Kier molecular flexibility index (Phi) is 4.24. The van der Waals surface area contributed by atoms with Crippen LogP contribution in [-0.4, -0.2) is 6.61 Å². The second kappa shape index (κ2) is 5.90. The number of allylic oxidation sites excluding steroid dienone is 2. The van der Waals surface area contributed by atoms with E-state index in [1.165, 1.54) is 11.1 Å². The van der Waals surface area contributed by atoms with Crippen molar-refractivity contribution in [3.05, 3.63) is 53.6 Å². The summed E-state index contributed by atoms with van der Waals surface area (Å²) in [6, 6.07) is 8.41. The average molecular weight is 242 g/mol. The third-order valence-corrected chi connectivity index (χ3v) is 3.34. The van der Waals surface area contributed by atoms with Gasteiger partial charge in [0.05, 0.1) is 0 Å². The molecule has 0 heterocycles. The normalized spacial score (nSPS) is 18.9. The molecule has 0 bridgehead atoms. The minimum absolute atomic E-state index is 0.574. The Labute approximate surface area is 110 Å². The Morgan fingerprint density at radius 1 is 1.22 bits per heavy atom. The molecule has 1 atom stereocenters. The summed E-state index contributed by atoms with van der Waals surface area (Å²) in [5.41, 5.74) is 2.63. The minimum Gasteiger partial charge on any atom is -0.489 e. The summed E-state index contributed by atoms with van der Waals surface area (Å²) in [6.07, 6.45) is 7.83. The van der Waals surface area contributed by atoms with E-state index in [0.717, 1.165) is 12.2 Å². The number of benzene rings is 1. The molecule has 0 fully saturated rings. The van der Waals surface area contributed by atoms with E-state index in [2.05, 4.69) is 63.3 Å². The van der Waals surface area contributed by atoms with Crippen LogP contribution in [0.4, 0.5) is 0 Å². The Morgan fingerprint density at radius 2 is 1.94 bits per heavy atom. The number of ether oxygens (including phenoxy) is 1. The molecule has 0 N–H and O–H groups in total. The molecule has 1 heteroatoms. The van der Waals surface area contributed by atoms with E-state index in [-0.39, 0.29) is 0 Å². The van der Waals surface area contributed by atoms with Crippen LogP contribution in [0.1, 0.15) is 38.7 Å². The topological polar surface area (TPSA) is 9.23 Å². The molecular formula is C17H22O. The molecule has 0 amide bonds. The molecule has 1 aromatic rings. The highest BCUT2D eigenvalue weighted by atomic mass is 16.5. The van der Waals surface area contributed by atoms with E-state index in [1.807, 2.05) is 0 Å². The van der Waals surface area contributed by atoms with Crippen molar-refractivity contribution in [3.63, 3.8) is 0 Å². The lowest BCUT2D eigenvalue weighted by atomic mass is 9.99. The van der Waals surface area contributed by atoms with E-state index in [9.17, 15) is 0 Å². The van der Waals surface area contributed by atoms with E-state index >= 15 is 0 Å². The fourth-order valence-corrected chi connectivity index (χ4v) is 1.99. The van der Waals surface area contributed by atoms with Crippen molar-refractivity contribution in [1.82, 2.24) is 0 Å². The maximum absolute atomic E-state index is 5.80. The van der Waals surface area contributed by atoms with E-state index in [4.69, 9.17) is 4.74 Å². The number of hydrogen-bond donors (Lipinski definition) is 0. The molecule has 0 saturated carbocycles. The standard InChI is InChI=1S/C17H22O/c1-13(2)16-8-10-17(11-9-16)18-12-15-6-4-14(3)5-7-15/h4,6-11,13-14H,5,12H2,1-3H3. The lowest BCUT2D eigenvalue weighted by Crippen LogP contribution is -2.03. The van der Waals surface area contributed by atoms with Crippen molar-refractivity contribution in [2.45, 2.75) is 33.1 Å². The SMILES string of the molecule is CC1C=CC(COc2ccc(C(C)C)cc2)=CC1. The van der Waals surface area contributed by atoms with Crippen LogP contribution in [-0.2, 0) is 0 Å². The van der Waals surface area contributed by atoms with Crippen LogP contribution in [0.3, 0.4) is 0 Å². The first kappa shape index (κ1) is 12.9. The van der Waals surface area contributed by atoms with Crippen LogP contribution >= 0.6 is 0 Å². The third-order valence-electron chi connectivity index (χ3n) is 3.34. The number of rotatable bonds is 4. The molecule has 0 spiro atoms. The molecule has 1 unspecified atom stereocenters. The van der Waals surface area contributed by atoms with Crippen LogP contribution in [0.15, 0.2) is 48.1 Å². The van der Waals surface area contributed by atoms with E-state index in [0.29, 0.717) is 18.4 Å². The molecule has 18 heavy (non-hydrogen) atoms. The van der Waals surface area contributed by atoms with Gasteiger partial charge in [-0.1, -0.05) is 51.1 Å². The van der Waals surface area contributed by atoms with Crippen molar-refractivity contribution < 1.29 is 4.74 Å². The second-order valence-electron chi connectivity index (χ2n) is 5.36. The molecule has 1 aliphatic rings. The van der Waals surface area contributed by atoms with Crippen molar-refractivity contribution in [1.29, 1.82) is 0 Å². The van der Waals surface area contributed by atoms with Gasteiger partial charge in [-0.05, 0) is 41.5 Å². The summed E-state index contributed by atoms with van der Waals surface area (Å²) in [5.74, 6) is 2.19. The van der Waals surface area contributed by atoms with Gasteiger partial charge in [0.1, 0.15) is 12.4 Å². The summed E-state index contributed by atoms with van der Waals surface area (Å²) in [4.78, 5) is 0. The summed E-state index contributed by atoms with van der Waals surface area (Å²) in [7, 11) is 0. The van der Waals surface area contributed by atoms with Crippen molar-refractivity contribution in [2.75, 3.05) is 6.61 Å². The van der Waals surface area contributed by atoms with Crippen LogP contribution in [0.2, 0.25) is 0 Å². The Hall–Kier alpha value is -1.50. The van der Waals surface area contributed by atoms with Crippen molar-refractivity contribution in [2.24, 2.45) is 5.92 Å². The summed E-state index contributed by atoms with van der Waals surface area (Å²) >= 11 is 0. The van der Waals surface area contributed by atoms with E-state index < -0.39 is 0 Å². The zero-order valence-corrected chi connectivity index (χ0v) is 11.5. The van der Waals surface area contributed by atoms with Gasteiger partial charge in [0.2, 0.25) is 0 Å². The van der Waals surface area contributed by atoms with E-state index in [1.54, 1.807) is 0 Å². The highest BCUT2D eigenvalue weighted by Gasteiger charge is 2.04. The van der Waals surface area contributed by atoms with Crippen molar-refractivity contribution in [3.8, 4) is 5.75 Å². The van der Waals surface area contributed by atoms with Gasteiger partial charge in [0.15, 0.2) is 0 Å². The monoisotopic (exact) mass is 242 g/mol. The lowest BCUT2D eigenvalue weighted by molar-refractivity contribution is 0.354. The zero-order chi connectivity index (χ0) is 13.0. The fourth-order valence-electron chi connectivity index (χ4n) is 1.99. The van der Waals surface area contributed by atoms with Crippen LogP contribution in [0.25, 0.3) is 0 Å². The van der Waals surface area contributed by atoms with Gasteiger partial charge in [-0.3, -0.25) is 0 Å². The van der Waals surface area contributed by atoms with Gasteiger partial charge in [-0.25, -0.2) is 0 Å². The molecule has 1 aliphatic carbocycles. The first-order valence-electron chi connectivity index (χ1n) is 6.75. The van der Waals surface area contributed by atoms with Gasteiger partial charge in [-0.2, -0.15) is 0 Å². The summed E-state index contributed by atoms with van der Waals surface area (Å²) < 4.78 is 5.80. The Balaban J connectivity index is 1.89. The molecule has 1 aromatic carbocycles. The van der Waals surface area contributed by atoms with Gasteiger partial charge in [-0.15, -0.1) is 0 Å². The Bertz CT molecular complexity index is 437.